The Morgan fingerprint density at radius 1 is 1.26 bits per heavy atom. The normalized spacial score (nSPS) is 14.8. The van der Waals surface area contributed by atoms with Crippen molar-refractivity contribution in [3.63, 3.8) is 0 Å². The van der Waals surface area contributed by atoms with Crippen LogP contribution in [-0.4, -0.2) is 53.4 Å². The van der Waals surface area contributed by atoms with Crippen LogP contribution in [0.4, 0.5) is 22.9 Å². The lowest BCUT2D eigenvalue weighted by Gasteiger charge is -2.36. The molecule has 3 rings (SSSR count). The van der Waals surface area contributed by atoms with E-state index in [-0.39, 0.29) is 24.0 Å². The highest BCUT2D eigenvalue weighted by molar-refractivity contribution is 5.92. The predicted octanol–water partition coefficient (Wildman–Crippen LogP) is 1.64. The third-order valence-electron chi connectivity index (χ3n) is 4.53. The molecule has 1 saturated heterocycles. The zero-order valence-electron chi connectivity index (χ0n) is 15.1. The van der Waals surface area contributed by atoms with Crippen molar-refractivity contribution in [3.05, 3.63) is 52.2 Å². The number of aromatic nitrogens is 1. The van der Waals surface area contributed by atoms with Gasteiger partial charge in [0.2, 0.25) is 11.7 Å². The molecule has 0 radical (unpaired) electrons. The molecular formula is C18H22N6O3. The largest absolute Gasteiger partial charge is 0.378 e. The van der Waals surface area contributed by atoms with Gasteiger partial charge in [-0.05, 0) is 24.6 Å². The Balaban J connectivity index is 1.62. The van der Waals surface area contributed by atoms with Gasteiger partial charge in [-0.2, -0.15) is 0 Å². The number of para-hydroxylation sites is 1. The Morgan fingerprint density at radius 2 is 1.93 bits per heavy atom. The summed E-state index contributed by atoms with van der Waals surface area (Å²) in [7, 11) is 0. The summed E-state index contributed by atoms with van der Waals surface area (Å²) in [6.07, 6.45) is 1.55. The molecule has 1 aliphatic heterocycles. The number of benzene rings is 1. The first kappa shape index (κ1) is 18.6. The molecule has 142 valence electrons. The van der Waals surface area contributed by atoms with Gasteiger partial charge in [-0.15, -0.1) is 0 Å². The summed E-state index contributed by atoms with van der Waals surface area (Å²) in [5, 5.41) is 14.3. The van der Waals surface area contributed by atoms with Crippen LogP contribution in [-0.2, 0) is 4.79 Å². The number of rotatable bonds is 5. The highest BCUT2D eigenvalue weighted by Gasteiger charge is 2.29. The van der Waals surface area contributed by atoms with Crippen molar-refractivity contribution in [1.82, 2.24) is 9.88 Å². The maximum atomic E-state index is 12.2. The summed E-state index contributed by atoms with van der Waals surface area (Å²) in [5.74, 6) is -0.157. The lowest BCUT2D eigenvalue weighted by Crippen LogP contribution is -2.49. The van der Waals surface area contributed by atoms with E-state index in [1.165, 1.54) is 0 Å². The van der Waals surface area contributed by atoms with Crippen LogP contribution >= 0.6 is 0 Å². The number of amides is 1. The van der Waals surface area contributed by atoms with Crippen molar-refractivity contribution in [1.29, 1.82) is 0 Å². The van der Waals surface area contributed by atoms with E-state index in [1.54, 1.807) is 13.1 Å². The SMILES string of the molecule is Cc1cnc(N)c([N+](=O)[O-])c1N1CCN(CC(=O)Nc2ccccc2)CC1. The molecule has 2 aromatic rings. The van der Waals surface area contributed by atoms with E-state index in [1.807, 2.05) is 40.1 Å². The van der Waals surface area contributed by atoms with Crippen molar-refractivity contribution >= 4 is 28.8 Å². The molecule has 1 amide bonds. The van der Waals surface area contributed by atoms with Gasteiger partial charge in [-0.25, -0.2) is 4.98 Å². The van der Waals surface area contributed by atoms with Crippen molar-refractivity contribution in [2.24, 2.45) is 0 Å². The zero-order valence-corrected chi connectivity index (χ0v) is 15.1. The maximum Gasteiger partial charge on any atom is 0.334 e. The molecule has 1 aromatic heterocycles. The monoisotopic (exact) mass is 370 g/mol. The van der Waals surface area contributed by atoms with E-state index in [9.17, 15) is 14.9 Å². The number of nitrogens with two attached hydrogens (primary N) is 1. The van der Waals surface area contributed by atoms with E-state index >= 15 is 0 Å². The van der Waals surface area contributed by atoms with Gasteiger partial charge in [0.25, 0.3) is 0 Å². The van der Waals surface area contributed by atoms with Crippen LogP contribution in [0.1, 0.15) is 5.56 Å². The van der Waals surface area contributed by atoms with Crippen LogP contribution in [0.15, 0.2) is 36.5 Å². The Labute approximate surface area is 156 Å². The number of pyridine rings is 1. The minimum absolute atomic E-state index is 0.0785. The number of nitro groups is 1. The lowest BCUT2D eigenvalue weighted by molar-refractivity contribution is -0.383. The molecule has 2 heterocycles. The van der Waals surface area contributed by atoms with Gasteiger partial charge in [0, 0.05) is 38.1 Å². The number of nitrogens with one attached hydrogen (secondary N) is 1. The number of hydrogen-bond donors (Lipinski definition) is 2. The smallest absolute Gasteiger partial charge is 0.334 e. The van der Waals surface area contributed by atoms with Crippen LogP contribution in [0, 0.1) is 17.0 Å². The van der Waals surface area contributed by atoms with Crippen LogP contribution in [0.2, 0.25) is 0 Å². The van der Waals surface area contributed by atoms with Crippen molar-refractivity contribution in [2.75, 3.05) is 48.7 Å². The fraction of sp³-hybridized carbons (Fsp3) is 0.333. The van der Waals surface area contributed by atoms with Gasteiger partial charge in [0.1, 0.15) is 5.69 Å². The Morgan fingerprint density at radius 3 is 2.56 bits per heavy atom. The minimum Gasteiger partial charge on any atom is -0.378 e. The summed E-state index contributed by atoms with van der Waals surface area (Å²) in [4.78, 5) is 31.0. The van der Waals surface area contributed by atoms with Crippen molar-refractivity contribution in [2.45, 2.75) is 6.92 Å². The number of anilines is 3. The lowest BCUT2D eigenvalue weighted by atomic mass is 10.1. The Bertz CT molecular complexity index is 834. The first-order valence-electron chi connectivity index (χ1n) is 8.67. The molecule has 1 aliphatic rings. The topological polar surface area (TPSA) is 118 Å². The van der Waals surface area contributed by atoms with Gasteiger partial charge in [-0.3, -0.25) is 19.8 Å². The molecule has 27 heavy (non-hydrogen) atoms. The molecule has 0 unspecified atom stereocenters. The van der Waals surface area contributed by atoms with E-state index < -0.39 is 4.92 Å². The summed E-state index contributed by atoms with van der Waals surface area (Å²) in [6.45, 7) is 4.46. The zero-order chi connectivity index (χ0) is 19.4. The van der Waals surface area contributed by atoms with Crippen molar-refractivity contribution in [3.8, 4) is 0 Å². The maximum absolute atomic E-state index is 12.2. The molecule has 1 aromatic carbocycles. The summed E-state index contributed by atoms with van der Waals surface area (Å²) in [6, 6.07) is 9.30. The molecule has 0 aliphatic carbocycles. The van der Waals surface area contributed by atoms with Crippen LogP contribution < -0.4 is 16.0 Å². The number of carbonyl (C=O) groups is 1. The number of nitrogen functional groups attached to an aromatic ring is 1. The second-order valence-corrected chi connectivity index (χ2v) is 6.46. The van der Waals surface area contributed by atoms with Gasteiger partial charge in [0.15, 0.2) is 0 Å². The molecule has 1 fully saturated rings. The van der Waals surface area contributed by atoms with Crippen LogP contribution in [0.25, 0.3) is 0 Å². The second kappa shape index (κ2) is 8.00. The summed E-state index contributed by atoms with van der Waals surface area (Å²) in [5.41, 5.74) is 7.57. The molecule has 0 saturated carbocycles. The van der Waals surface area contributed by atoms with Crippen molar-refractivity contribution < 1.29 is 9.72 Å². The first-order chi connectivity index (χ1) is 13.0. The average Bonchev–Trinajstić information content (AvgIpc) is 2.64. The molecule has 0 spiro atoms. The fourth-order valence-electron chi connectivity index (χ4n) is 3.23. The number of aryl methyl sites for hydroxylation is 1. The average molecular weight is 370 g/mol. The van der Waals surface area contributed by atoms with E-state index in [4.69, 9.17) is 5.73 Å². The van der Waals surface area contributed by atoms with Gasteiger partial charge in [0.05, 0.1) is 11.5 Å². The summed E-state index contributed by atoms with van der Waals surface area (Å²) >= 11 is 0. The van der Waals surface area contributed by atoms with Crippen LogP contribution in [0.3, 0.4) is 0 Å². The predicted molar refractivity (Wildman–Crippen MR) is 104 cm³/mol. The molecule has 9 heteroatoms. The van der Waals surface area contributed by atoms with Crippen LogP contribution in [0.5, 0.6) is 0 Å². The third kappa shape index (κ3) is 4.32. The number of piperazine rings is 1. The standard InChI is InChI=1S/C18H22N6O3/c1-13-11-20-18(19)17(24(26)27)16(13)23-9-7-22(8-10-23)12-15(25)21-14-5-3-2-4-6-14/h2-6,11H,7-10,12H2,1H3,(H2,19,20)(H,21,25). The number of nitrogens with zero attached hydrogens (tertiary/aromatic N) is 4. The number of carbonyl (C=O) groups excluding carboxylic acids is 1. The fourth-order valence-corrected chi connectivity index (χ4v) is 3.23. The molecule has 0 bridgehead atoms. The molecule has 9 nitrogen and oxygen atoms in total. The highest BCUT2D eigenvalue weighted by Crippen LogP contribution is 2.35. The van der Waals surface area contributed by atoms with Gasteiger partial charge >= 0.3 is 5.69 Å². The Kier molecular flexibility index (Phi) is 5.51. The summed E-state index contributed by atoms with van der Waals surface area (Å²) < 4.78 is 0. The highest BCUT2D eigenvalue weighted by atomic mass is 16.6. The molecule has 0 atom stereocenters. The molecular weight excluding hydrogens is 348 g/mol. The van der Waals surface area contributed by atoms with Gasteiger partial charge < -0.3 is 16.0 Å². The van der Waals surface area contributed by atoms with E-state index in [0.29, 0.717) is 37.4 Å². The molecule has 3 N–H and O–H groups in total. The van der Waals surface area contributed by atoms with Gasteiger partial charge in [-0.1, -0.05) is 18.2 Å². The van der Waals surface area contributed by atoms with E-state index in [2.05, 4.69) is 10.3 Å². The Hall–Kier alpha value is -3.20. The quantitative estimate of drug-likeness (QED) is 0.607. The third-order valence-corrected chi connectivity index (χ3v) is 4.53. The minimum atomic E-state index is -0.482. The van der Waals surface area contributed by atoms with E-state index in [0.717, 1.165) is 5.69 Å². The second-order valence-electron chi connectivity index (χ2n) is 6.46. The first-order valence-corrected chi connectivity index (χ1v) is 8.67. The number of hydrogen-bond acceptors (Lipinski definition) is 7.